The molecule has 0 spiro atoms. The minimum atomic E-state index is -0.0963. The van der Waals surface area contributed by atoms with Crippen molar-refractivity contribution in [1.29, 1.82) is 0 Å². The van der Waals surface area contributed by atoms with Crippen LogP contribution in [0.5, 0.6) is 11.5 Å². The summed E-state index contributed by atoms with van der Waals surface area (Å²) in [4.78, 5) is 25.3. The number of ether oxygens (including phenoxy) is 2. The van der Waals surface area contributed by atoms with E-state index in [9.17, 15) is 9.59 Å². The summed E-state index contributed by atoms with van der Waals surface area (Å²) in [6, 6.07) is 15.1. The lowest BCUT2D eigenvalue weighted by atomic mass is 10.00. The number of rotatable bonds is 6. The Morgan fingerprint density at radius 3 is 2.65 bits per heavy atom. The fourth-order valence-corrected chi connectivity index (χ4v) is 2.92. The molecule has 1 heterocycles. The standard InChI is InChI=1S/C21H21NO4/c1-25-19-7-8-20(18(13-19)14-23)26-15-21(24)22-11-9-17(10-12-22)16-5-3-2-4-6-16/h2-9,13-14H,10-12,15H2,1H3. The monoisotopic (exact) mass is 351 g/mol. The first-order chi connectivity index (χ1) is 12.7. The lowest BCUT2D eigenvalue weighted by Gasteiger charge is -2.26. The van der Waals surface area contributed by atoms with Crippen molar-refractivity contribution >= 4 is 17.8 Å². The SMILES string of the molecule is COc1ccc(OCC(=O)N2CC=C(c3ccccc3)CC2)c(C=O)c1. The van der Waals surface area contributed by atoms with Gasteiger partial charge in [0.05, 0.1) is 12.7 Å². The van der Waals surface area contributed by atoms with Crippen molar-refractivity contribution in [2.75, 3.05) is 26.8 Å². The molecule has 26 heavy (non-hydrogen) atoms. The average Bonchev–Trinajstić information content (AvgIpc) is 2.72. The highest BCUT2D eigenvalue weighted by Gasteiger charge is 2.18. The van der Waals surface area contributed by atoms with E-state index in [1.165, 1.54) is 18.2 Å². The fraction of sp³-hybridized carbons (Fsp3) is 0.238. The van der Waals surface area contributed by atoms with E-state index in [1.54, 1.807) is 23.1 Å². The Balaban J connectivity index is 1.58. The van der Waals surface area contributed by atoms with E-state index in [1.807, 2.05) is 18.2 Å². The molecule has 0 radical (unpaired) electrons. The van der Waals surface area contributed by atoms with E-state index in [2.05, 4.69) is 18.2 Å². The van der Waals surface area contributed by atoms with Gasteiger partial charge in [-0.1, -0.05) is 36.4 Å². The van der Waals surface area contributed by atoms with Crippen LogP contribution in [0.25, 0.3) is 5.57 Å². The van der Waals surface area contributed by atoms with Crippen LogP contribution >= 0.6 is 0 Å². The van der Waals surface area contributed by atoms with Gasteiger partial charge in [0.2, 0.25) is 0 Å². The molecule has 0 aromatic heterocycles. The number of hydrogen-bond acceptors (Lipinski definition) is 4. The molecule has 0 fully saturated rings. The average molecular weight is 351 g/mol. The van der Waals surface area contributed by atoms with Gasteiger partial charge in [0.15, 0.2) is 12.9 Å². The summed E-state index contributed by atoms with van der Waals surface area (Å²) < 4.78 is 10.6. The third-order valence-electron chi connectivity index (χ3n) is 4.40. The Hall–Kier alpha value is -3.08. The van der Waals surface area contributed by atoms with Crippen molar-refractivity contribution in [2.45, 2.75) is 6.42 Å². The van der Waals surface area contributed by atoms with E-state index in [-0.39, 0.29) is 12.5 Å². The number of hydrogen-bond donors (Lipinski definition) is 0. The normalized spacial score (nSPS) is 13.7. The Morgan fingerprint density at radius 2 is 2.00 bits per heavy atom. The van der Waals surface area contributed by atoms with Crippen LogP contribution in [0.2, 0.25) is 0 Å². The third-order valence-corrected chi connectivity index (χ3v) is 4.40. The summed E-state index contributed by atoms with van der Waals surface area (Å²) in [5.41, 5.74) is 2.82. The Kier molecular flexibility index (Phi) is 5.69. The fourth-order valence-electron chi connectivity index (χ4n) is 2.92. The highest BCUT2D eigenvalue weighted by molar-refractivity contribution is 5.82. The number of carbonyl (C=O) groups excluding carboxylic acids is 2. The number of nitrogens with zero attached hydrogens (tertiary/aromatic N) is 1. The van der Waals surface area contributed by atoms with Crippen molar-refractivity contribution in [1.82, 2.24) is 4.90 Å². The Labute approximate surface area is 152 Å². The Morgan fingerprint density at radius 1 is 1.19 bits per heavy atom. The number of aldehydes is 1. The zero-order valence-electron chi connectivity index (χ0n) is 14.7. The number of methoxy groups -OCH3 is 1. The van der Waals surface area contributed by atoms with Gasteiger partial charge >= 0.3 is 0 Å². The van der Waals surface area contributed by atoms with Crippen molar-refractivity contribution in [3.63, 3.8) is 0 Å². The molecule has 3 rings (SSSR count). The van der Waals surface area contributed by atoms with Crippen LogP contribution in [-0.2, 0) is 4.79 Å². The van der Waals surface area contributed by atoms with Gasteiger partial charge in [0.25, 0.3) is 5.91 Å². The first kappa shape index (κ1) is 17.7. The first-order valence-corrected chi connectivity index (χ1v) is 8.49. The molecular formula is C21H21NO4. The van der Waals surface area contributed by atoms with Crippen LogP contribution in [-0.4, -0.2) is 43.9 Å². The predicted octanol–water partition coefficient (Wildman–Crippen LogP) is 3.20. The van der Waals surface area contributed by atoms with Crippen molar-refractivity contribution in [2.24, 2.45) is 0 Å². The van der Waals surface area contributed by atoms with E-state index in [4.69, 9.17) is 9.47 Å². The van der Waals surface area contributed by atoms with Crippen molar-refractivity contribution in [3.8, 4) is 11.5 Å². The third kappa shape index (κ3) is 4.11. The summed E-state index contributed by atoms with van der Waals surface area (Å²) in [5, 5.41) is 0. The van der Waals surface area contributed by atoms with Gasteiger partial charge in [-0.15, -0.1) is 0 Å². The molecule has 0 bridgehead atoms. The van der Waals surface area contributed by atoms with E-state index >= 15 is 0 Å². The molecule has 0 atom stereocenters. The molecule has 2 aromatic rings. The van der Waals surface area contributed by atoms with Gasteiger partial charge < -0.3 is 14.4 Å². The second kappa shape index (κ2) is 8.34. The molecule has 5 heteroatoms. The zero-order chi connectivity index (χ0) is 18.4. The van der Waals surface area contributed by atoms with Gasteiger partial charge in [-0.3, -0.25) is 9.59 Å². The van der Waals surface area contributed by atoms with Gasteiger partial charge in [-0.25, -0.2) is 0 Å². The minimum absolute atomic E-state index is 0.0956. The molecule has 0 saturated heterocycles. The Bertz CT molecular complexity index is 814. The van der Waals surface area contributed by atoms with Gasteiger partial charge in [0, 0.05) is 13.1 Å². The van der Waals surface area contributed by atoms with Crippen molar-refractivity contribution in [3.05, 3.63) is 65.7 Å². The van der Waals surface area contributed by atoms with E-state index in [0.717, 1.165) is 6.42 Å². The summed E-state index contributed by atoms with van der Waals surface area (Å²) in [5.74, 6) is 0.855. The van der Waals surface area contributed by atoms with Crippen molar-refractivity contribution < 1.29 is 19.1 Å². The van der Waals surface area contributed by atoms with Crippen LogP contribution in [0.1, 0.15) is 22.3 Å². The van der Waals surface area contributed by atoms with Crippen LogP contribution < -0.4 is 9.47 Å². The molecule has 1 amide bonds. The lowest BCUT2D eigenvalue weighted by Crippen LogP contribution is -2.37. The molecule has 1 aliphatic heterocycles. The van der Waals surface area contributed by atoms with Crippen LogP contribution in [0.15, 0.2) is 54.6 Å². The number of amides is 1. The summed E-state index contributed by atoms with van der Waals surface area (Å²) in [6.45, 7) is 1.13. The zero-order valence-corrected chi connectivity index (χ0v) is 14.7. The molecule has 2 aromatic carbocycles. The molecule has 0 unspecified atom stereocenters. The van der Waals surface area contributed by atoms with E-state index < -0.39 is 0 Å². The van der Waals surface area contributed by atoms with Crippen LogP contribution in [0.4, 0.5) is 0 Å². The second-order valence-corrected chi connectivity index (χ2v) is 6.00. The lowest BCUT2D eigenvalue weighted by molar-refractivity contribution is -0.132. The molecular weight excluding hydrogens is 330 g/mol. The number of benzene rings is 2. The van der Waals surface area contributed by atoms with Gasteiger partial charge in [-0.05, 0) is 35.8 Å². The smallest absolute Gasteiger partial charge is 0.260 e. The molecule has 5 nitrogen and oxygen atoms in total. The minimum Gasteiger partial charge on any atom is -0.497 e. The van der Waals surface area contributed by atoms with Gasteiger partial charge in [0.1, 0.15) is 11.5 Å². The highest BCUT2D eigenvalue weighted by Crippen LogP contribution is 2.24. The van der Waals surface area contributed by atoms with Crippen LogP contribution in [0, 0.1) is 0 Å². The molecule has 1 aliphatic rings. The van der Waals surface area contributed by atoms with E-state index in [0.29, 0.717) is 36.4 Å². The van der Waals surface area contributed by atoms with Gasteiger partial charge in [-0.2, -0.15) is 0 Å². The first-order valence-electron chi connectivity index (χ1n) is 8.49. The summed E-state index contributed by atoms with van der Waals surface area (Å²) in [6.07, 6.45) is 3.59. The topological polar surface area (TPSA) is 55.8 Å². The molecule has 0 aliphatic carbocycles. The maximum Gasteiger partial charge on any atom is 0.260 e. The predicted molar refractivity (Wildman–Crippen MR) is 99.5 cm³/mol. The maximum absolute atomic E-state index is 12.4. The van der Waals surface area contributed by atoms with Crippen LogP contribution in [0.3, 0.4) is 0 Å². The molecule has 0 N–H and O–H groups in total. The largest absolute Gasteiger partial charge is 0.497 e. The number of carbonyl (C=O) groups is 2. The highest BCUT2D eigenvalue weighted by atomic mass is 16.5. The maximum atomic E-state index is 12.4. The quantitative estimate of drug-likeness (QED) is 0.750. The molecule has 0 saturated carbocycles. The molecule has 134 valence electrons. The summed E-state index contributed by atoms with van der Waals surface area (Å²) in [7, 11) is 1.53. The summed E-state index contributed by atoms with van der Waals surface area (Å²) >= 11 is 0. The second-order valence-electron chi connectivity index (χ2n) is 6.00.